The number of H-pyrrole nitrogens is 1. The number of nitrogens with one attached hydrogen (secondary N) is 1. The Kier molecular flexibility index (Phi) is 3.28. The Morgan fingerprint density at radius 2 is 2.11 bits per heavy atom. The quantitative estimate of drug-likeness (QED) is 0.917. The van der Waals surface area contributed by atoms with Crippen molar-refractivity contribution >= 4 is 10.9 Å². The maximum atomic E-state index is 12.5. The van der Waals surface area contributed by atoms with E-state index < -0.39 is 0 Å². The zero-order valence-corrected chi connectivity index (χ0v) is 11.3. The van der Waals surface area contributed by atoms with Gasteiger partial charge in [0.15, 0.2) is 5.43 Å². The highest BCUT2D eigenvalue weighted by molar-refractivity contribution is 5.81. The first-order valence-electron chi connectivity index (χ1n) is 7.10. The summed E-state index contributed by atoms with van der Waals surface area (Å²) in [5.41, 5.74) is 3.22. The Balaban J connectivity index is 2.12. The number of ether oxygens (including phenoxy) is 1. The van der Waals surface area contributed by atoms with Gasteiger partial charge in [-0.1, -0.05) is 6.92 Å². The lowest BCUT2D eigenvalue weighted by Crippen LogP contribution is -2.18. The molecule has 1 aliphatic rings. The molecule has 3 rings (SSSR count). The Morgan fingerprint density at radius 1 is 1.26 bits per heavy atom. The van der Waals surface area contributed by atoms with Crippen LogP contribution in [0.15, 0.2) is 23.0 Å². The van der Waals surface area contributed by atoms with E-state index in [2.05, 4.69) is 11.9 Å². The second-order valence-corrected chi connectivity index (χ2v) is 5.17. The Labute approximate surface area is 112 Å². The van der Waals surface area contributed by atoms with E-state index in [-0.39, 0.29) is 5.43 Å². The van der Waals surface area contributed by atoms with Gasteiger partial charge in [-0.25, -0.2) is 0 Å². The maximum absolute atomic E-state index is 12.5. The number of hydrogen-bond acceptors (Lipinski definition) is 2. The van der Waals surface area contributed by atoms with E-state index in [0.717, 1.165) is 53.6 Å². The number of aromatic amines is 1. The third kappa shape index (κ3) is 2.25. The van der Waals surface area contributed by atoms with Gasteiger partial charge in [-0.15, -0.1) is 0 Å². The van der Waals surface area contributed by atoms with Crippen LogP contribution in [0, 0.1) is 0 Å². The van der Waals surface area contributed by atoms with Crippen molar-refractivity contribution < 1.29 is 4.74 Å². The third-order valence-electron chi connectivity index (χ3n) is 3.74. The van der Waals surface area contributed by atoms with Gasteiger partial charge in [0.1, 0.15) is 5.75 Å². The van der Waals surface area contributed by atoms with Crippen LogP contribution in [0.3, 0.4) is 0 Å². The fourth-order valence-corrected chi connectivity index (χ4v) is 2.75. The number of pyridine rings is 1. The first kappa shape index (κ1) is 12.3. The van der Waals surface area contributed by atoms with Gasteiger partial charge >= 0.3 is 0 Å². The summed E-state index contributed by atoms with van der Waals surface area (Å²) in [6.45, 7) is 2.76. The number of hydrogen-bond donors (Lipinski definition) is 1. The largest absolute Gasteiger partial charge is 0.494 e. The van der Waals surface area contributed by atoms with E-state index in [1.165, 1.54) is 6.42 Å². The predicted octanol–water partition coefficient (Wildman–Crippen LogP) is 3.20. The molecule has 0 bridgehead atoms. The van der Waals surface area contributed by atoms with Crippen LogP contribution in [0.4, 0.5) is 0 Å². The molecule has 0 amide bonds. The predicted molar refractivity (Wildman–Crippen MR) is 77.0 cm³/mol. The first-order chi connectivity index (χ1) is 9.29. The molecular formula is C16H19NO2. The Morgan fingerprint density at radius 3 is 2.95 bits per heavy atom. The molecule has 1 aromatic heterocycles. The summed E-state index contributed by atoms with van der Waals surface area (Å²) in [6, 6.07) is 5.76. The highest BCUT2D eigenvalue weighted by atomic mass is 16.5. The molecule has 2 aromatic rings. The van der Waals surface area contributed by atoms with Crippen molar-refractivity contribution in [2.45, 2.75) is 39.0 Å². The van der Waals surface area contributed by atoms with E-state index in [9.17, 15) is 4.79 Å². The van der Waals surface area contributed by atoms with Gasteiger partial charge in [0, 0.05) is 22.2 Å². The summed E-state index contributed by atoms with van der Waals surface area (Å²) in [5, 5.41) is 0.759. The zero-order valence-electron chi connectivity index (χ0n) is 11.3. The second-order valence-electron chi connectivity index (χ2n) is 5.17. The number of rotatable bonds is 3. The molecule has 0 atom stereocenters. The van der Waals surface area contributed by atoms with Gasteiger partial charge < -0.3 is 9.72 Å². The monoisotopic (exact) mass is 257 g/mol. The fraction of sp³-hybridized carbons (Fsp3) is 0.438. The van der Waals surface area contributed by atoms with E-state index in [4.69, 9.17) is 4.74 Å². The van der Waals surface area contributed by atoms with Crippen LogP contribution in [0.2, 0.25) is 0 Å². The van der Waals surface area contributed by atoms with Crippen LogP contribution in [-0.4, -0.2) is 11.6 Å². The summed E-state index contributed by atoms with van der Waals surface area (Å²) in [7, 11) is 0. The molecule has 0 aliphatic heterocycles. The molecule has 0 unspecified atom stereocenters. The molecule has 0 saturated heterocycles. The molecule has 1 N–H and O–H groups in total. The average Bonchev–Trinajstić information content (AvgIpc) is 2.46. The lowest BCUT2D eigenvalue weighted by molar-refractivity contribution is 0.318. The molecule has 0 fully saturated rings. The highest BCUT2D eigenvalue weighted by Crippen LogP contribution is 2.22. The van der Waals surface area contributed by atoms with Crippen LogP contribution >= 0.6 is 0 Å². The number of benzene rings is 1. The molecular weight excluding hydrogens is 238 g/mol. The lowest BCUT2D eigenvalue weighted by atomic mass is 9.94. The van der Waals surface area contributed by atoms with Crippen LogP contribution in [0.1, 0.15) is 37.4 Å². The topological polar surface area (TPSA) is 42.1 Å². The SMILES string of the molecule is CCCOc1ccc2[nH]c3c(c(=O)c2c1)CCCC3. The summed E-state index contributed by atoms with van der Waals surface area (Å²) in [4.78, 5) is 15.9. The smallest absolute Gasteiger partial charge is 0.192 e. The fourth-order valence-electron chi connectivity index (χ4n) is 2.75. The average molecular weight is 257 g/mol. The molecule has 0 spiro atoms. The van der Waals surface area contributed by atoms with E-state index in [1.54, 1.807) is 0 Å². The van der Waals surface area contributed by atoms with Gasteiger partial charge in [-0.05, 0) is 50.3 Å². The molecule has 3 nitrogen and oxygen atoms in total. The van der Waals surface area contributed by atoms with E-state index in [0.29, 0.717) is 6.61 Å². The molecule has 0 radical (unpaired) electrons. The van der Waals surface area contributed by atoms with Crippen molar-refractivity contribution in [1.82, 2.24) is 4.98 Å². The van der Waals surface area contributed by atoms with Gasteiger partial charge in [0.05, 0.1) is 6.61 Å². The normalized spacial score (nSPS) is 14.4. The van der Waals surface area contributed by atoms with Crippen LogP contribution in [0.25, 0.3) is 10.9 Å². The van der Waals surface area contributed by atoms with Gasteiger partial charge in [-0.2, -0.15) is 0 Å². The van der Waals surface area contributed by atoms with Crippen LogP contribution in [0.5, 0.6) is 5.75 Å². The third-order valence-corrected chi connectivity index (χ3v) is 3.74. The minimum Gasteiger partial charge on any atom is -0.494 e. The first-order valence-corrected chi connectivity index (χ1v) is 7.10. The minimum atomic E-state index is 0.186. The minimum absolute atomic E-state index is 0.186. The molecule has 1 aliphatic carbocycles. The van der Waals surface area contributed by atoms with Crippen molar-refractivity contribution in [3.8, 4) is 5.75 Å². The molecule has 100 valence electrons. The van der Waals surface area contributed by atoms with Crippen molar-refractivity contribution in [3.05, 3.63) is 39.7 Å². The van der Waals surface area contributed by atoms with Crippen LogP contribution in [-0.2, 0) is 12.8 Å². The van der Waals surface area contributed by atoms with Crippen molar-refractivity contribution in [3.63, 3.8) is 0 Å². The molecule has 0 saturated carbocycles. The molecule has 3 heteroatoms. The second kappa shape index (κ2) is 5.08. The number of fused-ring (bicyclic) bond motifs is 2. The van der Waals surface area contributed by atoms with Crippen molar-refractivity contribution in [2.75, 3.05) is 6.61 Å². The zero-order chi connectivity index (χ0) is 13.2. The molecule has 1 heterocycles. The number of aryl methyl sites for hydroxylation is 1. The molecule has 19 heavy (non-hydrogen) atoms. The Bertz CT molecular complexity index is 658. The molecule has 1 aromatic carbocycles. The summed E-state index contributed by atoms with van der Waals surface area (Å²) >= 11 is 0. The van der Waals surface area contributed by atoms with E-state index in [1.807, 2.05) is 18.2 Å². The Hall–Kier alpha value is -1.77. The summed E-state index contributed by atoms with van der Waals surface area (Å²) < 4.78 is 5.61. The lowest BCUT2D eigenvalue weighted by Gasteiger charge is -2.16. The maximum Gasteiger partial charge on any atom is 0.192 e. The summed E-state index contributed by atoms with van der Waals surface area (Å²) in [5.74, 6) is 0.788. The highest BCUT2D eigenvalue weighted by Gasteiger charge is 2.15. The van der Waals surface area contributed by atoms with Gasteiger partial charge in [-0.3, -0.25) is 4.79 Å². The van der Waals surface area contributed by atoms with E-state index >= 15 is 0 Å². The number of aromatic nitrogens is 1. The van der Waals surface area contributed by atoms with Gasteiger partial charge in [0.2, 0.25) is 0 Å². The van der Waals surface area contributed by atoms with Crippen molar-refractivity contribution in [1.29, 1.82) is 0 Å². The van der Waals surface area contributed by atoms with Gasteiger partial charge in [0.25, 0.3) is 0 Å². The van der Waals surface area contributed by atoms with Crippen molar-refractivity contribution in [2.24, 2.45) is 0 Å². The standard InChI is InChI=1S/C16H19NO2/c1-2-9-19-11-7-8-15-13(10-11)16(18)12-5-3-4-6-14(12)17-15/h7-8,10H,2-6,9H2,1H3,(H,17,18). The summed E-state index contributed by atoms with van der Waals surface area (Å²) in [6.07, 6.45) is 5.16. The van der Waals surface area contributed by atoms with Crippen LogP contribution < -0.4 is 10.2 Å².